The third-order valence-electron chi connectivity index (χ3n) is 6.60. The van der Waals surface area contributed by atoms with E-state index in [1.54, 1.807) is 4.90 Å². The van der Waals surface area contributed by atoms with Crippen LogP contribution in [0.1, 0.15) is 43.5 Å². The Bertz CT molecular complexity index is 914. The lowest BCUT2D eigenvalue weighted by Gasteiger charge is -2.34. The standard InChI is InChI=1S/C22H30N4O3/c1-15-3-6-17-18(26(15)22(27)28-2)7-8-19-20(17)23-21(16-4-5-16)25(19)10-9-24-11-13-29-14-12-24/h7-8,15-16H,3-6,9-14H2,1-2H3/t15-/m0/s1. The quantitative estimate of drug-likeness (QED) is 0.792. The van der Waals surface area contributed by atoms with Crippen molar-refractivity contribution in [1.82, 2.24) is 14.5 Å². The number of aromatic nitrogens is 2. The Labute approximate surface area is 171 Å². The second-order valence-electron chi connectivity index (χ2n) is 8.51. The van der Waals surface area contributed by atoms with Gasteiger partial charge in [0.25, 0.3) is 0 Å². The highest BCUT2D eigenvalue weighted by Crippen LogP contribution is 2.43. The van der Waals surface area contributed by atoms with E-state index in [1.165, 1.54) is 36.9 Å². The molecule has 7 heteroatoms. The zero-order chi connectivity index (χ0) is 20.0. The van der Waals surface area contributed by atoms with Gasteiger partial charge in [0.1, 0.15) is 5.82 Å². The number of anilines is 1. The molecule has 0 bridgehead atoms. The molecule has 1 saturated heterocycles. The van der Waals surface area contributed by atoms with Crippen LogP contribution in [0.25, 0.3) is 11.0 Å². The number of fused-ring (bicyclic) bond motifs is 3. The zero-order valence-electron chi connectivity index (χ0n) is 17.4. The number of benzene rings is 1. The molecule has 2 aromatic rings. The summed E-state index contributed by atoms with van der Waals surface area (Å²) in [6.45, 7) is 7.74. The third-order valence-corrected chi connectivity index (χ3v) is 6.60. The fourth-order valence-electron chi connectivity index (χ4n) is 4.78. The first-order valence-corrected chi connectivity index (χ1v) is 10.9. The van der Waals surface area contributed by atoms with Crippen molar-refractivity contribution < 1.29 is 14.3 Å². The molecule has 2 fully saturated rings. The fraction of sp³-hybridized carbons (Fsp3) is 0.636. The van der Waals surface area contributed by atoms with Crippen LogP contribution in [0.15, 0.2) is 12.1 Å². The van der Waals surface area contributed by atoms with Gasteiger partial charge in [-0.1, -0.05) is 0 Å². The Kier molecular flexibility index (Phi) is 4.95. The molecule has 5 rings (SSSR count). The van der Waals surface area contributed by atoms with Crippen LogP contribution in [0.5, 0.6) is 0 Å². The molecule has 1 saturated carbocycles. The first-order chi connectivity index (χ1) is 14.2. The van der Waals surface area contributed by atoms with E-state index in [4.69, 9.17) is 14.5 Å². The molecule has 7 nitrogen and oxygen atoms in total. The maximum Gasteiger partial charge on any atom is 0.414 e. The molecule has 1 aromatic carbocycles. The monoisotopic (exact) mass is 398 g/mol. The van der Waals surface area contributed by atoms with Gasteiger partial charge in [0, 0.05) is 43.7 Å². The van der Waals surface area contributed by atoms with Crippen LogP contribution >= 0.6 is 0 Å². The molecule has 29 heavy (non-hydrogen) atoms. The average molecular weight is 399 g/mol. The lowest BCUT2D eigenvalue weighted by Crippen LogP contribution is -2.42. The molecular formula is C22H30N4O3. The van der Waals surface area contributed by atoms with Crippen molar-refractivity contribution in [1.29, 1.82) is 0 Å². The maximum absolute atomic E-state index is 12.4. The highest BCUT2D eigenvalue weighted by molar-refractivity contribution is 5.95. The molecule has 0 N–H and O–H groups in total. The summed E-state index contributed by atoms with van der Waals surface area (Å²) < 4.78 is 13.0. The van der Waals surface area contributed by atoms with E-state index in [9.17, 15) is 4.79 Å². The van der Waals surface area contributed by atoms with Crippen LogP contribution in [0.3, 0.4) is 0 Å². The lowest BCUT2D eigenvalue weighted by atomic mass is 9.96. The van der Waals surface area contributed by atoms with Gasteiger partial charge in [-0.15, -0.1) is 0 Å². The van der Waals surface area contributed by atoms with E-state index in [2.05, 4.69) is 28.5 Å². The van der Waals surface area contributed by atoms with E-state index >= 15 is 0 Å². The average Bonchev–Trinajstić information content (AvgIpc) is 3.53. The van der Waals surface area contributed by atoms with Gasteiger partial charge < -0.3 is 14.0 Å². The summed E-state index contributed by atoms with van der Waals surface area (Å²) in [5, 5.41) is 0. The van der Waals surface area contributed by atoms with Gasteiger partial charge in [-0.05, 0) is 44.7 Å². The third kappa shape index (κ3) is 3.40. The highest BCUT2D eigenvalue weighted by Gasteiger charge is 2.34. The predicted molar refractivity (Wildman–Crippen MR) is 112 cm³/mol. The summed E-state index contributed by atoms with van der Waals surface area (Å²) in [7, 11) is 1.45. The fourth-order valence-corrected chi connectivity index (χ4v) is 4.78. The SMILES string of the molecule is COC(=O)N1c2ccc3c(nc(C4CC4)n3CCN3CCOCC3)c2CC[C@@H]1C. The van der Waals surface area contributed by atoms with E-state index in [-0.39, 0.29) is 12.1 Å². The first-order valence-electron chi connectivity index (χ1n) is 10.9. The van der Waals surface area contributed by atoms with Crippen molar-refractivity contribution >= 4 is 22.8 Å². The maximum atomic E-state index is 12.4. The van der Waals surface area contributed by atoms with Crippen LogP contribution in [0, 0.1) is 0 Å². The van der Waals surface area contributed by atoms with E-state index < -0.39 is 0 Å². The molecule has 1 amide bonds. The largest absolute Gasteiger partial charge is 0.452 e. The Balaban J connectivity index is 1.52. The molecule has 156 valence electrons. The Morgan fingerprint density at radius 1 is 1.21 bits per heavy atom. The van der Waals surface area contributed by atoms with Gasteiger partial charge in [0.2, 0.25) is 0 Å². The highest BCUT2D eigenvalue weighted by atomic mass is 16.5. The van der Waals surface area contributed by atoms with Crippen LogP contribution in [-0.4, -0.2) is 66.5 Å². The summed E-state index contributed by atoms with van der Waals surface area (Å²) >= 11 is 0. The Morgan fingerprint density at radius 2 is 2.00 bits per heavy atom. The molecule has 0 radical (unpaired) electrons. The van der Waals surface area contributed by atoms with Crippen molar-refractivity contribution in [3.8, 4) is 0 Å². The zero-order valence-corrected chi connectivity index (χ0v) is 17.4. The van der Waals surface area contributed by atoms with Crippen LogP contribution in [-0.2, 0) is 22.4 Å². The second-order valence-corrected chi connectivity index (χ2v) is 8.51. The number of amides is 1. The summed E-state index contributed by atoms with van der Waals surface area (Å²) in [5.74, 6) is 1.81. The number of carbonyl (C=O) groups excluding carboxylic acids is 1. The predicted octanol–water partition coefficient (Wildman–Crippen LogP) is 3.15. The topological polar surface area (TPSA) is 59.8 Å². The molecule has 0 spiro atoms. The number of imidazole rings is 1. The van der Waals surface area contributed by atoms with Gasteiger partial charge in [0.15, 0.2) is 0 Å². The van der Waals surface area contributed by atoms with Crippen molar-refractivity contribution in [2.45, 2.75) is 51.1 Å². The number of rotatable bonds is 4. The molecule has 3 heterocycles. The van der Waals surface area contributed by atoms with Gasteiger partial charge in [-0.25, -0.2) is 9.78 Å². The Hall–Kier alpha value is -2.12. The number of methoxy groups -OCH3 is 1. The Morgan fingerprint density at radius 3 is 2.72 bits per heavy atom. The molecule has 1 aromatic heterocycles. The van der Waals surface area contributed by atoms with Crippen molar-refractivity contribution in [3.63, 3.8) is 0 Å². The van der Waals surface area contributed by atoms with Gasteiger partial charge in [-0.2, -0.15) is 0 Å². The minimum Gasteiger partial charge on any atom is -0.452 e. The first kappa shape index (κ1) is 18.9. The minimum atomic E-state index is -0.285. The minimum absolute atomic E-state index is 0.138. The number of ether oxygens (including phenoxy) is 2. The summed E-state index contributed by atoms with van der Waals surface area (Å²) in [6.07, 6.45) is 4.06. The van der Waals surface area contributed by atoms with Gasteiger partial charge in [-0.3, -0.25) is 9.80 Å². The summed E-state index contributed by atoms with van der Waals surface area (Å²) in [5.41, 5.74) is 4.44. The molecule has 1 atom stereocenters. The smallest absolute Gasteiger partial charge is 0.414 e. The number of carbonyl (C=O) groups is 1. The summed E-state index contributed by atoms with van der Waals surface area (Å²) in [4.78, 5) is 21.8. The van der Waals surface area contributed by atoms with Crippen molar-refractivity contribution in [3.05, 3.63) is 23.5 Å². The lowest BCUT2D eigenvalue weighted by molar-refractivity contribution is 0.0364. The van der Waals surface area contributed by atoms with Crippen LogP contribution in [0.2, 0.25) is 0 Å². The number of aryl methyl sites for hydroxylation is 1. The number of hydrogen-bond acceptors (Lipinski definition) is 5. The number of hydrogen-bond donors (Lipinski definition) is 0. The van der Waals surface area contributed by atoms with Crippen LogP contribution in [0.4, 0.5) is 10.5 Å². The van der Waals surface area contributed by atoms with Gasteiger partial charge >= 0.3 is 6.09 Å². The normalized spacial score (nSPS) is 22.7. The number of morpholine rings is 1. The summed E-state index contributed by atoms with van der Waals surface area (Å²) in [6, 6.07) is 4.38. The molecule has 2 aliphatic heterocycles. The second kappa shape index (κ2) is 7.61. The van der Waals surface area contributed by atoms with Crippen molar-refractivity contribution in [2.75, 3.05) is 44.9 Å². The molecular weight excluding hydrogens is 368 g/mol. The van der Waals surface area contributed by atoms with E-state index in [0.717, 1.165) is 63.4 Å². The van der Waals surface area contributed by atoms with E-state index in [1.807, 2.05) is 0 Å². The molecule has 1 aliphatic carbocycles. The van der Waals surface area contributed by atoms with Crippen molar-refractivity contribution in [2.24, 2.45) is 0 Å². The van der Waals surface area contributed by atoms with Crippen LogP contribution < -0.4 is 4.90 Å². The van der Waals surface area contributed by atoms with E-state index in [0.29, 0.717) is 5.92 Å². The number of nitrogens with zero attached hydrogens (tertiary/aromatic N) is 4. The molecule has 0 unspecified atom stereocenters. The van der Waals surface area contributed by atoms with Gasteiger partial charge in [0.05, 0.1) is 37.0 Å². The molecule has 3 aliphatic rings.